The Morgan fingerprint density at radius 3 is 2.67 bits per heavy atom. The van der Waals surface area contributed by atoms with Crippen LogP contribution >= 0.6 is 11.3 Å². The molecule has 0 aliphatic carbocycles. The van der Waals surface area contributed by atoms with Crippen LogP contribution in [0.1, 0.15) is 45.9 Å². The van der Waals surface area contributed by atoms with E-state index in [0.29, 0.717) is 11.4 Å². The summed E-state index contributed by atoms with van der Waals surface area (Å²) in [5.74, 6) is -1.60. The lowest BCUT2D eigenvalue weighted by molar-refractivity contribution is 0.0690. The minimum atomic E-state index is -1.18. The lowest BCUT2D eigenvalue weighted by Crippen LogP contribution is -2.29. The number of hydrogen-bond acceptors (Lipinski definition) is 6. The Bertz CT molecular complexity index is 776. The average molecular weight is 349 g/mol. The van der Waals surface area contributed by atoms with E-state index in [1.165, 1.54) is 22.4 Å². The van der Waals surface area contributed by atoms with Gasteiger partial charge in [-0.15, -0.1) is 11.3 Å². The molecule has 9 heteroatoms. The number of carbonyl (C=O) groups is 2. The molecule has 24 heavy (non-hydrogen) atoms. The third kappa shape index (κ3) is 3.12. The molecule has 1 aliphatic heterocycles. The summed E-state index contributed by atoms with van der Waals surface area (Å²) in [4.78, 5) is 30.3. The SMILES string of the molecule is Cc1c(NC(=O)c2csc(N3CCCCC3)n2)c(C(=O)O)nn1C. The first kappa shape index (κ1) is 16.4. The van der Waals surface area contributed by atoms with Gasteiger partial charge in [0, 0.05) is 25.5 Å². The molecule has 1 saturated heterocycles. The predicted octanol–water partition coefficient (Wildman–Crippen LogP) is 2.13. The van der Waals surface area contributed by atoms with Gasteiger partial charge < -0.3 is 15.3 Å². The fourth-order valence-corrected chi connectivity index (χ4v) is 3.54. The molecule has 3 rings (SSSR count). The van der Waals surface area contributed by atoms with Crippen molar-refractivity contribution in [1.29, 1.82) is 0 Å². The van der Waals surface area contributed by atoms with Crippen LogP contribution in [0.4, 0.5) is 10.8 Å². The third-order valence-electron chi connectivity index (χ3n) is 4.13. The second-order valence-corrected chi connectivity index (χ2v) is 6.59. The topological polar surface area (TPSA) is 100 Å². The zero-order valence-electron chi connectivity index (χ0n) is 13.6. The van der Waals surface area contributed by atoms with Gasteiger partial charge in [-0.2, -0.15) is 5.10 Å². The van der Waals surface area contributed by atoms with Crippen LogP contribution in [0.2, 0.25) is 0 Å². The number of thiazole rings is 1. The third-order valence-corrected chi connectivity index (χ3v) is 5.03. The highest BCUT2D eigenvalue weighted by Crippen LogP contribution is 2.25. The molecule has 2 N–H and O–H groups in total. The van der Waals surface area contributed by atoms with Gasteiger partial charge in [-0.3, -0.25) is 9.48 Å². The normalized spacial score (nSPS) is 14.7. The summed E-state index contributed by atoms with van der Waals surface area (Å²) in [6.07, 6.45) is 3.50. The van der Waals surface area contributed by atoms with Crippen LogP contribution in [0, 0.1) is 6.92 Å². The van der Waals surface area contributed by atoms with Gasteiger partial charge in [0.25, 0.3) is 5.91 Å². The van der Waals surface area contributed by atoms with E-state index in [4.69, 9.17) is 0 Å². The Labute approximate surface area is 143 Å². The molecule has 0 bridgehead atoms. The zero-order valence-corrected chi connectivity index (χ0v) is 14.4. The number of piperidine rings is 1. The Morgan fingerprint density at radius 1 is 1.29 bits per heavy atom. The molecule has 0 unspecified atom stereocenters. The highest BCUT2D eigenvalue weighted by Gasteiger charge is 2.23. The number of carboxylic acid groups (broad SMARTS) is 1. The molecule has 0 aromatic carbocycles. The van der Waals surface area contributed by atoms with E-state index in [9.17, 15) is 14.7 Å². The highest BCUT2D eigenvalue weighted by atomic mass is 32.1. The van der Waals surface area contributed by atoms with Gasteiger partial charge in [-0.25, -0.2) is 9.78 Å². The summed E-state index contributed by atoms with van der Waals surface area (Å²) in [6.45, 7) is 3.62. The van der Waals surface area contributed by atoms with E-state index in [1.807, 2.05) is 0 Å². The van der Waals surface area contributed by atoms with Gasteiger partial charge in [0.1, 0.15) is 5.69 Å². The molecule has 0 atom stereocenters. The highest BCUT2D eigenvalue weighted by molar-refractivity contribution is 7.14. The molecule has 1 aliphatic rings. The van der Waals surface area contributed by atoms with Crippen LogP contribution in [0.5, 0.6) is 0 Å². The Morgan fingerprint density at radius 2 is 2.00 bits per heavy atom. The van der Waals surface area contributed by atoms with E-state index in [2.05, 4.69) is 20.3 Å². The van der Waals surface area contributed by atoms with Crippen molar-refractivity contribution in [2.75, 3.05) is 23.3 Å². The summed E-state index contributed by atoms with van der Waals surface area (Å²) >= 11 is 1.43. The largest absolute Gasteiger partial charge is 0.476 e. The number of aromatic nitrogens is 3. The standard InChI is InChI=1S/C15H19N5O3S/c1-9-11(12(14(22)23)18-19(9)2)17-13(21)10-8-24-15(16-10)20-6-4-3-5-7-20/h8H,3-7H2,1-2H3,(H,17,21)(H,22,23). The second kappa shape index (κ2) is 6.60. The number of aromatic carboxylic acids is 1. The van der Waals surface area contributed by atoms with E-state index < -0.39 is 11.9 Å². The quantitative estimate of drug-likeness (QED) is 0.877. The fraction of sp³-hybridized carbons (Fsp3) is 0.467. The summed E-state index contributed by atoms with van der Waals surface area (Å²) in [5, 5.41) is 18.3. The van der Waals surface area contributed by atoms with Crippen LogP contribution in [-0.4, -0.2) is 44.8 Å². The molecule has 1 amide bonds. The Hall–Kier alpha value is -2.42. The zero-order chi connectivity index (χ0) is 17.3. The molecule has 2 aromatic rings. The van der Waals surface area contributed by atoms with Crippen LogP contribution in [0.3, 0.4) is 0 Å². The van der Waals surface area contributed by atoms with Crippen molar-refractivity contribution in [2.24, 2.45) is 7.05 Å². The summed E-state index contributed by atoms with van der Waals surface area (Å²) in [7, 11) is 1.63. The molecule has 0 spiro atoms. The monoisotopic (exact) mass is 349 g/mol. The second-order valence-electron chi connectivity index (χ2n) is 5.75. The number of carboxylic acids is 1. The summed E-state index contributed by atoms with van der Waals surface area (Å²) < 4.78 is 1.43. The maximum atomic E-state index is 12.4. The van der Waals surface area contributed by atoms with Crippen molar-refractivity contribution < 1.29 is 14.7 Å². The van der Waals surface area contributed by atoms with Gasteiger partial charge in [0.15, 0.2) is 10.8 Å². The molecule has 8 nitrogen and oxygen atoms in total. The first-order chi connectivity index (χ1) is 11.5. The molecule has 0 saturated carbocycles. The van der Waals surface area contributed by atoms with Crippen molar-refractivity contribution >= 4 is 34.0 Å². The maximum Gasteiger partial charge on any atom is 0.358 e. The molecule has 3 heterocycles. The number of amides is 1. The molecule has 2 aromatic heterocycles. The minimum absolute atomic E-state index is 0.171. The summed E-state index contributed by atoms with van der Waals surface area (Å²) in [5.41, 5.74) is 0.907. The lowest BCUT2D eigenvalue weighted by atomic mass is 10.1. The number of nitrogens with one attached hydrogen (secondary N) is 1. The number of carbonyl (C=O) groups excluding carboxylic acids is 1. The molecular weight excluding hydrogens is 330 g/mol. The van der Waals surface area contributed by atoms with Gasteiger partial charge >= 0.3 is 5.97 Å². The lowest BCUT2D eigenvalue weighted by Gasteiger charge is -2.25. The molecule has 128 valence electrons. The first-order valence-electron chi connectivity index (χ1n) is 7.76. The minimum Gasteiger partial charge on any atom is -0.476 e. The van der Waals surface area contributed by atoms with Crippen LogP contribution in [0.25, 0.3) is 0 Å². The van der Waals surface area contributed by atoms with Gasteiger partial charge in [-0.1, -0.05) is 0 Å². The van der Waals surface area contributed by atoms with Crippen molar-refractivity contribution in [1.82, 2.24) is 14.8 Å². The number of rotatable bonds is 4. The molecule has 1 fully saturated rings. The Kier molecular flexibility index (Phi) is 4.52. The fourth-order valence-electron chi connectivity index (χ4n) is 2.68. The van der Waals surface area contributed by atoms with E-state index in [-0.39, 0.29) is 11.4 Å². The summed E-state index contributed by atoms with van der Waals surface area (Å²) in [6, 6.07) is 0. The van der Waals surface area contributed by atoms with E-state index >= 15 is 0 Å². The number of nitrogens with zero attached hydrogens (tertiary/aromatic N) is 4. The number of anilines is 2. The van der Waals surface area contributed by atoms with Crippen LogP contribution in [0.15, 0.2) is 5.38 Å². The number of hydrogen-bond donors (Lipinski definition) is 2. The van der Waals surface area contributed by atoms with E-state index in [0.717, 1.165) is 31.1 Å². The van der Waals surface area contributed by atoms with Crippen molar-refractivity contribution in [3.63, 3.8) is 0 Å². The number of aryl methyl sites for hydroxylation is 1. The van der Waals surface area contributed by atoms with Gasteiger partial charge in [-0.05, 0) is 26.2 Å². The molecular formula is C15H19N5O3S. The van der Waals surface area contributed by atoms with E-state index in [1.54, 1.807) is 19.4 Å². The first-order valence-corrected chi connectivity index (χ1v) is 8.64. The predicted molar refractivity (Wildman–Crippen MR) is 91.0 cm³/mol. The van der Waals surface area contributed by atoms with Gasteiger partial charge in [0.05, 0.1) is 11.4 Å². The van der Waals surface area contributed by atoms with Crippen molar-refractivity contribution in [3.8, 4) is 0 Å². The van der Waals surface area contributed by atoms with Crippen LogP contribution in [-0.2, 0) is 7.05 Å². The van der Waals surface area contributed by atoms with Crippen molar-refractivity contribution in [3.05, 3.63) is 22.5 Å². The molecule has 0 radical (unpaired) electrons. The smallest absolute Gasteiger partial charge is 0.358 e. The van der Waals surface area contributed by atoms with Gasteiger partial charge in [0.2, 0.25) is 0 Å². The maximum absolute atomic E-state index is 12.4. The van der Waals surface area contributed by atoms with Crippen molar-refractivity contribution in [2.45, 2.75) is 26.2 Å². The van der Waals surface area contributed by atoms with Crippen LogP contribution < -0.4 is 10.2 Å². The Balaban J connectivity index is 1.78. The average Bonchev–Trinajstić information content (AvgIpc) is 3.16.